The second-order valence-electron chi connectivity index (χ2n) is 4.56. The molecule has 4 nitrogen and oxygen atoms in total. The highest BCUT2D eigenvalue weighted by atomic mass is 16.4. The third-order valence-electron chi connectivity index (χ3n) is 2.89. The quantitative estimate of drug-likeness (QED) is 0.723. The highest BCUT2D eigenvalue weighted by molar-refractivity contribution is 5.76. The van der Waals surface area contributed by atoms with Gasteiger partial charge in [-0.1, -0.05) is 31.5 Å². The molecule has 0 radical (unpaired) electrons. The van der Waals surface area contributed by atoms with E-state index in [0.29, 0.717) is 5.56 Å². The van der Waals surface area contributed by atoms with E-state index in [9.17, 15) is 9.90 Å². The van der Waals surface area contributed by atoms with Crippen LogP contribution in [0.3, 0.4) is 0 Å². The summed E-state index contributed by atoms with van der Waals surface area (Å²) in [5, 5.41) is 18.7. The summed E-state index contributed by atoms with van der Waals surface area (Å²) in [4.78, 5) is 10.9. The van der Waals surface area contributed by atoms with Gasteiger partial charge in [0.15, 0.2) is 0 Å². The largest absolute Gasteiger partial charge is 0.508 e. The second kappa shape index (κ2) is 4.14. The number of aromatic hydroxyl groups is 1. The van der Waals surface area contributed by atoms with Gasteiger partial charge in [-0.05, 0) is 13.0 Å². The third kappa shape index (κ3) is 2.17. The van der Waals surface area contributed by atoms with E-state index in [1.807, 2.05) is 6.92 Å². The van der Waals surface area contributed by atoms with Gasteiger partial charge in [-0.3, -0.25) is 4.79 Å². The molecule has 88 valence electrons. The lowest BCUT2D eigenvalue weighted by Gasteiger charge is -2.30. The highest BCUT2D eigenvalue weighted by Crippen LogP contribution is 2.33. The van der Waals surface area contributed by atoms with E-state index in [0.717, 1.165) is 5.56 Å². The molecule has 0 aromatic heterocycles. The van der Waals surface area contributed by atoms with Crippen molar-refractivity contribution in [2.24, 2.45) is 5.73 Å². The first-order chi connectivity index (χ1) is 7.26. The summed E-state index contributed by atoms with van der Waals surface area (Å²) in [6.45, 7) is 5.30. The van der Waals surface area contributed by atoms with Gasteiger partial charge in [0.05, 0.1) is 0 Å². The Kier molecular flexibility index (Phi) is 3.24. The van der Waals surface area contributed by atoms with E-state index >= 15 is 0 Å². The number of benzene rings is 1. The lowest BCUT2D eigenvalue weighted by Crippen LogP contribution is -2.46. The molecule has 4 heteroatoms. The molecule has 0 aliphatic rings. The van der Waals surface area contributed by atoms with Gasteiger partial charge in [0.2, 0.25) is 0 Å². The number of hydrogen-bond acceptors (Lipinski definition) is 3. The zero-order valence-electron chi connectivity index (χ0n) is 9.69. The van der Waals surface area contributed by atoms with Crippen molar-refractivity contribution in [3.8, 4) is 5.75 Å². The van der Waals surface area contributed by atoms with Gasteiger partial charge in [-0.2, -0.15) is 0 Å². The number of carboxylic acids is 1. The molecule has 0 saturated carbocycles. The normalized spacial score (nSPS) is 13.5. The molecule has 1 rings (SSSR count). The predicted octanol–water partition coefficient (Wildman–Crippen LogP) is 1.39. The molecule has 0 fully saturated rings. The molecule has 4 N–H and O–H groups in total. The molecule has 0 spiro atoms. The Labute approximate surface area is 94.7 Å². The Balaban J connectivity index is 3.25. The third-order valence-corrected chi connectivity index (χ3v) is 2.89. The smallest absolute Gasteiger partial charge is 0.321 e. The molecule has 16 heavy (non-hydrogen) atoms. The number of carboxylic acid groups (broad SMARTS) is 1. The van der Waals surface area contributed by atoms with Crippen molar-refractivity contribution in [2.75, 3.05) is 0 Å². The minimum atomic E-state index is -1.08. The van der Waals surface area contributed by atoms with E-state index in [2.05, 4.69) is 0 Å². The molecule has 0 bridgehead atoms. The molecule has 0 aliphatic heterocycles. The summed E-state index contributed by atoms with van der Waals surface area (Å²) in [7, 11) is 0. The topological polar surface area (TPSA) is 83.5 Å². The van der Waals surface area contributed by atoms with Crippen molar-refractivity contribution in [1.82, 2.24) is 0 Å². The summed E-state index contributed by atoms with van der Waals surface area (Å²) in [5.74, 6) is -1.00. The number of nitrogens with two attached hydrogens (primary N) is 1. The fourth-order valence-electron chi connectivity index (χ4n) is 1.64. The van der Waals surface area contributed by atoms with Crippen LogP contribution in [0.15, 0.2) is 18.2 Å². The first-order valence-electron chi connectivity index (χ1n) is 5.05. The van der Waals surface area contributed by atoms with Crippen molar-refractivity contribution in [3.63, 3.8) is 0 Å². The molecular formula is C12H17NO3. The Morgan fingerprint density at radius 2 is 2.00 bits per heavy atom. The van der Waals surface area contributed by atoms with Crippen LogP contribution in [0.4, 0.5) is 0 Å². The Bertz CT molecular complexity index is 413. The molecule has 0 heterocycles. The first-order valence-corrected chi connectivity index (χ1v) is 5.05. The minimum absolute atomic E-state index is 0.0762. The Morgan fingerprint density at radius 3 is 2.50 bits per heavy atom. The number of aliphatic carboxylic acids is 1. The van der Waals surface area contributed by atoms with Crippen molar-refractivity contribution >= 4 is 5.97 Å². The van der Waals surface area contributed by atoms with Crippen molar-refractivity contribution in [3.05, 3.63) is 29.3 Å². The van der Waals surface area contributed by atoms with Crippen LogP contribution >= 0.6 is 0 Å². The maximum absolute atomic E-state index is 10.9. The van der Waals surface area contributed by atoms with E-state index in [-0.39, 0.29) is 5.75 Å². The molecule has 1 atom stereocenters. The van der Waals surface area contributed by atoms with Crippen LogP contribution in [0.25, 0.3) is 0 Å². The molecule has 0 saturated heterocycles. The fourth-order valence-corrected chi connectivity index (χ4v) is 1.64. The standard InChI is InChI=1S/C12H17NO3/c1-7-4-5-9(14)8(6-7)12(2,3)10(13)11(15)16/h4-6,10,14H,13H2,1-3H3,(H,15,16). The van der Waals surface area contributed by atoms with Gasteiger partial charge < -0.3 is 15.9 Å². The number of phenols is 1. The number of hydrogen-bond donors (Lipinski definition) is 3. The number of carbonyl (C=O) groups is 1. The monoisotopic (exact) mass is 223 g/mol. The van der Waals surface area contributed by atoms with Crippen LogP contribution in [0.5, 0.6) is 5.75 Å². The van der Waals surface area contributed by atoms with Crippen LogP contribution in [0, 0.1) is 6.92 Å². The van der Waals surface area contributed by atoms with Gasteiger partial charge in [-0.15, -0.1) is 0 Å². The van der Waals surface area contributed by atoms with Crippen LogP contribution in [0.1, 0.15) is 25.0 Å². The zero-order valence-corrected chi connectivity index (χ0v) is 9.69. The van der Waals surface area contributed by atoms with Crippen molar-refractivity contribution in [2.45, 2.75) is 32.2 Å². The lowest BCUT2D eigenvalue weighted by molar-refractivity contribution is -0.140. The Morgan fingerprint density at radius 1 is 1.44 bits per heavy atom. The van der Waals surface area contributed by atoms with Gasteiger partial charge in [0.25, 0.3) is 0 Å². The average molecular weight is 223 g/mol. The number of aryl methyl sites for hydroxylation is 1. The maximum atomic E-state index is 10.9. The molecule has 1 aromatic rings. The summed E-state index contributed by atoms with van der Waals surface area (Å²) < 4.78 is 0. The van der Waals surface area contributed by atoms with E-state index in [4.69, 9.17) is 10.8 Å². The summed E-state index contributed by atoms with van der Waals surface area (Å²) >= 11 is 0. The molecule has 0 aliphatic carbocycles. The SMILES string of the molecule is Cc1ccc(O)c(C(C)(C)C(N)C(=O)O)c1. The van der Waals surface area contributed by atoms with E-state index in [1.54, 1.807) is 32.0 Å². The van der Waals surface area contributed by atoms with Crippen molar-refractivity contribution in [1.29, 1.82) is 0 Å². The number of rotatable bonds is 3. The fraction of sp³-hybridized carbons (Fsp3) is 0.417. The van der Waals surface area contributed by atoms with Crippen LogP contribution < -0.4 is 5.73 Å². The van der Waals surface area contributed by atoms with Gasteiger partial charge in [0, 0.05) is 11.0 Å². The van der Waals surface area contributed by atoms with E-state index < -0.39 is 17.4 Å². The minimum Gasteiger partial charge on any atom is -0.508 e. The first kappa shape index (κ1) is 12.5. The summed E-state index contributed by atoms with van der Waals surface area (Å²) in [6.07, 6.45) is 0. The summed E-state index contributed by atoms with van der Waals surface area (Å²) in [6, 6.07) is 4.03. The highest BCUT2D eigenvalue weighted by Gasteiger charge is 2.35. The number of phenolic OH excluding ortho intramolecular Hbond substituents is 1. The van der Waals surface area contributed by atoms with Crippen molar-refractivity contribution < 1.29 is 15.0 Å². The van der Waals surface area contributed by atoms with Crippen LogP contribution in [-0.2, 0) is 10.2 Å². The molecule has 1 aromatic carbocycles. The van der Waals surface area contributed by atoms with Gasteiger partial charge in [0.1, 0.15) is 11.8 Å². The molecular weight excluding hydrogens is 206 g/mol. The van der Waals surface area contributed by atoms with Gasteiger partial charge in [-0.25, -0.2) is 0 Å². The van der Waals surface area contributed by atoms with E-state index in [1.165, 1.54) is 0 Å². The maximum Gasteiger partial charge on any atom is 0.321 e. The lowest BCUT2D eigenvalue weighted by atomic mass is 9.77. The van der Waals surface area contributed by atoms with Crippen LogP contribution in [-0.4, -0.2) is 22.2 Å². The van der Waals surface area contributed by atoms with Gasteiger partial charge >= 0.3 is 5.97 Å². The molecule has 0 amide bonds. The average Bonchev–Trinajstić information content (AvgIpc) is 2.20. The predicted molar refractivity (Wildman–Crippen MR) is 61.5 cm³/mol. The Hall–Kier alpha value is -1.55. The summed E-state index contributed by atoms with van der Waals surface area (Å²) in [5.41, 5.74) is 6.33. The van der Waals surface area contributed by atoms with Crippen LogP contribution in [0.2, 0.25) is 0 Å². The second-order valence-corrected chi connectivity index (χ2v) is 4.56. The zero-order chi connectivity index (χ0) is 12.5. The molecule has 1 unspecified atom stereocenters.